The Balaban J connectivity index is 1.80. The summed E-state index contributed by atoms with van der Waals surface area (Å²) < 4.78 is 4.66. The molecule has 1 aromatic heterocycles. The molecule has 8 heteroatoms. The third-order valence-electron chi connectivity index (χ3n) is 4.73. The van der Waals surface area contributed by atoms with Gasteiger partial charge in [-0.2, -0.15) is 5.26 Å². The Bertz CT molecular complexity index is 1010. The van der Waals surface area contributed by atoms with Crippen LogP contribution in [-0.2, 0) is 20.7 Å². The molecule has 30 heavy (non-hydrogen) atoms. The van der Waals surface area contributed by atoms with Crippen molar-refractivity contribution in [1.29, 1.82) is 5.26 Å². The number of nitrogens with zero attached hydrogens (tertiary/aromatic N) is 3. The van der Waals surface area contributed by atoms with Gasteiger partial charge in [-0.25, -0.2) is 14.7 Å². The highest BCUT2D eigenvalue weighted by Gasteiger charge is 2.40. The maximum absolute atomic E-state index is 12.9. The Morgan fingerprint density at radius 2 is 2.00 bits per heavy atom. The molecular weight excluding hydrogens is 402 g/mol. The number of carbonyl (C=O) groups is 3. The Kier molecular flexibility index (Phi) is 6.85. The van der Waals surface area contributed by atoms with E-state index in [2.05, 4.69) is 22.7 Å². The largest absolute Gasteiger partial charge is 0.465 e. The molecule has 0 saturated carbocycles. The lowest BCUT2D eigenvalue weighted by Gasteiger charge is -2.15. The van der Waals surface area contributed by atoms with E-state index < -0.39 is 11.2 Å². The SMILES string of the molecule is CCCCc1ccc(C#N)c(SC2CC(=O)N(c3ccc(C(=O)OC)cc3)C2=O)n1. The van der Waals surface area contributed by atoms with Crippen LogP contribution in [0.15, 0.2) is 41.4 Å². The van der Waals surface area contributed by atoms with Crippen molar-refractivity contribution in [3.05, 3.63) is 53.2 Å². The lowest BCUT2D eigenvalue weighted by atomic mass is 10.2. The number of anilines is 1. The summed E-state index contributed by atoms with van der Waals surface area (Å²) in [6.45, 7) is 2.09. The number of pyridine rings is 1. The molecule has 1 saturated heterocycles. The van der Waals surface area contributed by atoms with Gasteiger partial charge in [0.25, 0.3) is 0 Å². The third-order valence-corrected chi connectivity index (χ3v) is 5.92. The van der Waals surface area contributed by atoms with E-state index in [1.807, 2.05) is 6.07 Å². The van der Waals surface area contributed by atoms with Crippen LogP contribution in [0.25, 0.3) is 0 Å². The van der Waals surface area contributed by atoms with Gasteiger partial charge in [0, 0.05) is 12.1 Å². The highest BCUT2D eigenvalue weighted by Crippen LogP contribution is 2.34. The van der Waals surface area contributed by atoms with Crippen molar-refractivity contribution in [2.45, 2.75) is 42.9 Å². The van der Waals surface area contributed by atoms with Crippen LogP contribution in [0.4, 0.5) is 5.69 Å². The van der Waals surface area contributed by atoms with Crippen LogP contribution in [-0.4, -0.2) is 35.1 Å². The fourth-order valence-electron chi connectivity index (χ4n) is 3.12. The first-order chi connectivity index (χ1) is 14.5. The Morgan fingerprint density at radius 3 is 2.63 bits per heavy atom. The summed E-state index contributed by atoms with van der Waals surface area (Å²) in [5.41, 5.74) is 1.98. The number of amides is 2. The summed E-state index contributed by atoms with van der Waals surface area (Å²) in [7, 11) is 1.28. The van der Waals surface area contributed by atoms with Gasteiger partial charge in [0.05, 0.1) is 29.2 Å². The average Bonchev–Trinajstić information content (AvgIpc) is 3.04. The Labute approximate surface area is 179 Å². The maximum Gasteiger partial charge on any atom is 0.337 e. The molecule has 0 radical (unpaired) electrons. The predicted octanol–water partition coefficient (Wildman–Crippen LogP) is 3.51. The summed E-state index contributed by atoms with van der Waals surface area (Å²) in [4.78, 5) is 42.7. The summed E-state index contributed by atoms with van der Waals surface area (Å²) in [5.74, 6) is -1.18. The van der Waals surface area contributed by atoms with E-state index in [9.17, 15) is 19.6 Å². The predicted molar refractivity (Wildman–Crippen MR) is 112 cm³/mol. The zero-order chi connectivity index (χ0) is 21.7. The molecule has 0 spiro atoms. The number of carbonyl (C=O) groups excluding carboxylic acids is 3. The van der Waals surface area contributed by atoms with Crippen molar-refractivity contribution in [3.63, 3.8) is 0 Å². The number of hydrogen-bond donors (Lipinski definition) is 0. The number of aromatic nitrogens is 1. The number of aryl methyl sites for hydroxylation is 1. The van der Waals surface area contributed by atoms with E-state index in [4.69, 9.17) is 0 Å². The number of methoxy groups -OCH3 is 1. The average molecular weight is 423 g/mol. The molecule has 2 amide bonds. The van der Waals surface area contributed by atoms with Crippen LogP contribution in [0.2, 0.25) is 0 Å². The molecule has 0 bridgehead atoms. The molecule has 2 aromatic rings. The summed E-state index contributed by atoms with van der Waals surface area (Å²) >= 11 is 1.15. The molecule has 1 unspecified atom stereocenters. The number of thioether (sulfide) groups is 1. The topological polar surface area (TPSA) is 100 Å². The maximum atomic E-state index is 12.9. The fraction of sp³-hybridized carbons (Fsp3) is 0.318. The zero-order valence-corrected chi connectivity index (χ0v) is 17.6. The van der Waals surface area contributed by atoms with Gasteiger partial charge in [-0.3, -0.25) is 9.59 Å². The van der Waals surface area contributed by atoms with Crippen LogP contribution in [0.5, 0.6) is 0 Å². The van der Waals surface area contributed by atoms with E-state index in [-0.39, 0.29) is 18.2 Å². The van der Waals surface area contributed by atoms with Crippen molar-refractivity contribution >= 4 is 35.2 Å². The lowest BCUT2D eigenvalue weighted by molar-refractivity contribution is -0.121. The molecule has 1 aliphatic heterocycles. The number of rotatable bonds is 7. The number of imide groups is 1. The Morgan fingerprint density at radius 1 is 1.27 bits per heavy atom. The minimum Gasteiger partial charge on any atom is -0.465 e. The first kappa shape index (κ1) is 21.5. The van der Waals surface area contributed by atoms with Gasteiger partial charge in [-0.1, -0.05) is 25.1 Å². The number of hydrogen-bond acceptors (Lipinski definition) is 7. The first-order valence-corrected chi connectivity index (χ1v) is 10.5. The molecule has 1 aromatic carbocycles. The molecule has 7 nitrogen and oxygen atoms in total. The number of nitriles is 1. The zero-order valence-electron chi connectivity index (χ0n) is 16.8. The van der Waals surface area contributed by atoms with Crippen LogP contribution in [0.1, 0.15) is 47.8 Å². The van der Waals surface area contributed by atoms with E-state index in [0.29, 0.717) is 21.8 Å². The first-order valence-electron chi connectivity index (χ1n) is 9.60. The van der Waals surface area contributed by atoms with Crippen molar-refractivity contribution in [3.8, 4) is 6.07 Å². The summed E-state index contributed by atoms with van der Waals surface area (Å²) in [6.07, 6.45) is 2.84. The molecule has 1 aliphatic rings. The van der Waals surface area contributed by atoms with Gasteiger partial charge < -0.3 is 4.74 Å². The molecule has 1 atom stereocenters. The van der Waals surface area contributed by atoms with Crippen LogP contribution >= 0.6 is 11.8 Å². The van der Waals surface area contributed by atoms with Gasteiger partial charge in [0.2, 0.25) is 11.8 Å². The van der Waals surface area contributed by atoms with Gasteiger partial charge in [0.15, 0.2) is 0 Å². The normalized spacial score (nSPS) is 15.9. The van der Waals surface area contributed by atoms with E-state index in [1.54, 1.807) is 18.2 Å². The van der Waals surface area contributed by atoms with Crippen LogP contribution < -0.4 is 4.90 Å². The Hall–Kier alpha value is -3.18. The molecule has 154 valence electrons. The van der Waals surface area contributed by atoms with Gasteiger partial charge >= 0.3 is 5.97 Å². The number of benzene rings is 1. The second-order valence-electron chi connectivity index (χ2n) is 6.79. The third kappa shape index (κ3) is 4.52. The number of ether oxygens (including phenoxy) is 1. The number of unbranched alkanes of at least 4 members (excludes halogenated alkanes) is 1. The minimum absolute atomic E-state index is 0.0218. The fourth-order valence-corrected chi connectivity index (χ4v) is 4.23. The van der Waals surface area contributed by atoms with E-state index in [1.165, 1.54) is 19.2 Å². The monoisotopic (exact) mass is 423 g/mol. The highest BCUT2D eigenvalue weighted by molar-refractivity contribution is 8.00. The molecule has 1 fully saturated rings. The van der Waals surface area contributed by atoms with Crippen molar-refractivity contribution in [2.75, 3.05) is 12.0 Å². The molecule has 0 aliphatic carbocycles. The highest BCUT2D eigenvalue weighted by atomic mass is 32.2. The summed E-state index contributed by atoms with van der Waals surface area (Å²) in [6, 6.07) is 11.7. The molecular formula is C22H21N3O4S. The smallest absolute Gasteiger partial charge is 0.337 e. The van der Waals surface area contributed by atoms with Crippen LogP contribution in [0, 0.1) is 11.3 Å². The van der Waals surface area contributed by atoms with Crippen molar-refractivity contribution in [1.82, 2.24) is 4.98 Å². The standard InChI is InChI=1S/C22H21N3O4S/c1-3-4-5-16-9-6-15(13-23)20(24-16)30-18-12-19(26)25(21(18)27)17-10-7-14(8-11-17)22(28)29-2/h6-11,18H,3-5,12H2,1-2H3. The van der Waals surface area contributed by atoms with Crippen molar-refractivity contribution < 1.29 is 19.1 Å². The van der Waals surface area contributed by atoms with E-state index in [0.717, 1.165) is 41.6 Å². The molecule has 2 heterocycles. The van der Waals surface area contributed by atoms with Crippen molar-refractivity contribution in [2.24, 2.45) is 0 Å². The second kappa shape index (κ2) is 9.55. The second-order valence-corrected chi connectivity index (χ2v) is 7.98. The van der Waals surface area contributed by atoms with Gasteiger partial charge in [0.1, 0.15) is 11.1 Å². The van der Waals surface area contributed by atoms with Gasteiger partial charge in [-0.15, -0.1) is 0 Å². The minimum atomic E-state index is -0.654. The lowest BCUT2D eigenvalue weighted by Crippen LogP contribution is -2.31. The number of esters is 1. The van der Waals surface area contributed by atoms with E-state index >= 15 is 0 Å². The summed E-state index contributed by atoms with van der Waals surface area (Å²) in [5, 5.41) is 9.21. The quantitative estimate of drug-likeness (QED) is 0.496. The van der Waals surface area contributed by atoms with Crippen LogP contribution in [0.3, 0.4) is 0 Å². The van der Waals surface area contributed by atoms with Gasteiger partial charge in [-0.05, 0) is 49.2 Å². The molecule has 0 N–H and O–H groups in total. The molecule has 3 rings (SSSR count).